The molecule has 0 radical (unpaired) electrons. The lowest BCUT2D eigenvalue weighted by atomic mass is 10.1. The van der Waals surface area contributed by atoms with Gasteiger partial charge in [0.25, 0.3) is 0 Å². The zero-order valence-electron chi connectivity index (χ0n) is 16.0. The Labute approximate surface area is 161 Å². The van der Waals surface area contributed by atoms with Gasteiger partial charge in [0.05, 0.1) is 11.0 Å². The number of nitrogens with one attached hydrogen (secondary N) is 2. The van der Waals surface area contributed by atoms with Crippen LogP contribution in [0.2, 0.25) is 0 Å². The van der Waals surface area contributed by atoms with E-state index in [0.29, 0.717) is 23.9 Å². The molecule has 146 valence electrons. The Morgan fingerprint density at radius 2 is 1.74 bits per heavy atom. The van der Waals surface area contributed by atoms with Gasteiger partial charge in [-0.1, -0.05) is 42.5 Å². The van der Waals surface area contributed by atoms with Gasteiger partial charge in [-0.25, -0.2) is 8.42 Å². The summed E-state index contributed by atoms with van der Waals surface area (Å²) in [5.74, 6) is 0.695. The Morgan fingerprint density at radius 1 is 1.07 bits per heavy atom. The predicted octanol–water partition coefficient (Wildman–Crippen LogP) is 2.19. The summed E-state index contributed by atoms with van der Waals surface area (Å²) in [4.78, 5) is 4.56. The van der Waals surface area contributed by atoms with Crippen LogP contribution in [0, 0.1) is 0 Å². The molecule has 27 heavy (non-hydrogen) atoms. The van der Waals surface area contributed by atoms with Crippen molar-refractivity contribution in [3.63, 3.8) is 0 Å². The van der Waals surface area contributed by atoms with Gasteiger partial charge in [-0.15, -0.1) is 0 Å². The van der Waals surface area contributed by atoms with Gasteiger partial charge < -0.3 is 15.4 Å². The molecule has 0 bridgehead atoms. The van der Waals surface area contributed by atoms with Crippen LogP contribution in [0.4, 0.5) is 0 Å². The topological polar surface area (TPSA) is 79.8 Å². The molecule has 0 aliphatic rings. The van der Waals surface area contributed by atoms with Gasteiger partial charge in [0.1, 0.15) is 0 Å². The number of benzene rings is 2. The number of hydrogen-bond acceptors (Lipinski definition) is 4. The lowest BCUT2D eigenvalue weighted by Gasteiger charge is -2.18. The van der Waals surface area contributed by atoms with E-state index in [2.05, 4.69) is 15.6 Å². The van der Waals surface area contributed by atoms with Crippen LogP contribution < -0.4 is 10.6 Å². The lowest BCUT2D eigenvalue weighted by Crippen LogP contribution is -2.40. The molecular weight excluding hydrogens is 362 g/mol. The highest BCUT2D eigenvalue weighted by atomic mass is 32.2. The van der Waals surface area contributed by atoms with Crippen molar-refractivity contribution in [2.24, 2.45) is 4.99 Å². The second-order valence-electron chi connectivity index (χ2n) is 6.18. The van der Waals surface area contributed by atoms with E-state index in [1.54, 1.807) is 26.3 Å². The molecule has 0 spiro atoms. The quantitative estimate of drug-likeness (QED) is 0.534. The number of aliphatic imine (C=N–C) groups is 1. The minimum atomic E-state index is -3.16. The van der Waals surface area contributed by atoms with Crippen molar-refractivity contribution < 1.29 is 13.2 Å². The molecule has 0 aromatic heterocycles. The highest BCUT2D eigenvalue weighted by molar-refractivity contribution is 7.90. The summed E-state index contributed by atoms with van der Waals surface area (Å²) in [5, 5.41) is 6.53. The molecule has 2 aromatic rings. The fourth-order valence-electron chi connectivity index (χ4n) is 2.64. The standard InChI is InChI=1S/C20H27N3O3S/c1-21-20(23-15-19(26-2)17-7-5-4-6-8-17)22-14-13-16-9-11-18(12-10-16)27(3,24)25/h4-12,19H,13-15H2,1-3H3,(H2,21,22,23). The van der Waals surface area contributed by atoms with Gasteiger partial charge in [0, 0.05) is 33.5 Å². The van der Waals surface area contributed by atoms with Crippen molar-refractivity contribution in [2.75, 3.05) is 33.5 Å². The summed E-state index contributed by atoms with van der Waals surface area (Å²) in [6.07, 6.45) is 1.91. The Hall–Kier alpha value is -2.38. The maximum atomic E-state index is 11.5. The molecular formula is C20H27N3O3S. The molecule has 0 fully saturated rings. The highest BCUT2D eigenvalue weighted by Crippen LogP contribution is 2.14. The monoisotopic (exact) mass is 389 g/mol. The minimum Gasteiger partial charge on any atom is -0.375 e. The van der Waals surface area contributed by atoms with Crippen LogP contribution in [0.5, 0.6) is 0 Å². The summed E-state index contributed by atoms with van der Waals surface area (Å²) in [5.41, 5.74) is 2.17. The number of rotatable bonds is 8. The van der Waals surface area contributed by atoms with Crippen LogP contribution >= 0.6 is 0 Å². The van der Waals surface area contributed by atoms with Gasteiger partial charge in [-0.3, -0.25) is 4.99 Å². The Morgan fingerprint density at radius 3 is 2.30 bits per heavy atom. The number of methoxy groups -OCH3 is 1. The molecule has 0 saturated heterocycles. The van der Waals surface area contributed by atoms with Crippen LogP contribution in [-0.4, -0.2) is 47.9 Å². The zero-order valence-corrected chi connectivity index (χ0v) is 16.8. The van der Waals surface area contributed by atoms with Crippen LogP contribution in [0.1, 0.15) is 17.2 Å². The summed E-state index contributed by atoms with van der Waals surface area (Å²) >= 11 is 0. The first kappa shape index (κ1) is 20.9. The van der Waals surface area contributed by atoms with Crippen LogP contribution in [0.15, 0.2) is 64.5 Å². The second-order valence-corrected chi connectivity index (χ2v) is 8.20. The fraction of sp³-hybridized carbons (Fsp3) is 0.350. The number of ether oxygens (including phenoxy) is 1. The maximum absolute atomic E-state index is 11.5. The van der Waals surface area contributed by atoms with E-state index in [1.165, 1.54) is 6.26 Å². The maximum Gasteiger partial charge on any atom is 0.191 e. The first-order valence-corrected chi connectivity index (χ1v) is 10.6. The van der Waals surface area contributed by atoms with E-state index in [1.807, 2.05) is 42.5 Å². The molecule has 0 aliphatic carbocycles. The lowest BCUT2D eigenvalue weighted by molar-refractivity contribution is 0.106. The molecule has 0 aliphatic heterocycles. The van der Waals surface area contributed by atoms with Crippen molar-refractivity contribution in [3.05, 3.63) is 65.7 Å². The van der Waals surface area contributed by atoms with Crippen molar-refractivity contribution >= 4 is 15.8 Å². The largest absolute Gasteiger partial charge is 0.375 e. The third kappa shape index (κ3) is 6.69. The minimum absolute atomic E-state index is 0.0618. The number of nitrogens with zero attached hydrogens (tertiary/aromatic N) is 1. The Bertz CT molecular complexity index is 835. The van der Waals surface area contributed by atoms with Crippen LogP contribution in [-0.2, 0) is 21.0 Å². The van der Waals surface area contributed by atoms with E-state index < -0.39 is 9.84 Å². The number of hydrogen-bond donors (Lipinski definition) is 2. The molecule has 0 amide bonds. The SMILES string of the molecule is CN=C(NCCc1ccc(S(C)(=O)=O)cc1)NCC(OC)c1ccccc1. The molecule has 6 nitrogen and oxygen atoms in total. The van der Waals surface area contributed by atoms with E-state index in [4.69, 9.17) is 4.74 Å². The summed E-state index contributed by atoms with van der Waals surface area (Å²) in [6.45, 7) is 1.28. The fourth-order valence-corrected chi connectivity index (χ4v) is 3.27. The third-order valence-corrected chi connectivity index (χ3v) is 5.32. The van der Waals surface area contributed by atoms with Gasteiger partial charge in [-0.2, -0.15) is 0 Å². The van der Waals surface area contributed by atoms with Crippen molar-refractivity contribution in [1.82, 2.24) is 10.6 Å². The normalized spacial score (nSPS) is 13.2. The smallest absolute Gasteiger partial charge is 0.191 e. The van der Waals surface area contributed by atoms with Crippen LogP contribution in [0.25, 0.3) is 0 Å². The summed E-state index contributed by atoms with van der Waals surface area (Å²) < 4.78 is 28.5. The van der Waals surface area contributed by atoms with Crippen molar-refractivity contribution in [1.29, 1.82) is 0 Å². The number of sulfone groups is 1. The van der Waals surface area contributed by atoms with Gasteiger partial charge in [-0.05, 0) is 29.7 Å². The van der Waals surface area contributed by atoms with Gasteiger partial charge in [0.2, 0.25) is 0 Å². The molecule has 1 atom stereocenters. The van der Waals surface area contributed by atoms with E-state index in [9.17, 15) is 8.42 Å². The molecule has 7 heteroatoms. The molecule has 2 N–H and O–H groups in total. The Balaban J connectivity index is 1.82. The van der Waals surface area contributed by atoms with E-state index in [-0.39, 0.29) is 6.10 Å². The van der Waals surface area contributed by atoms with Gasteiger partial charge in [0.15, 0.2) is 15.8 Å². The summed E-state index contributed by atoms with van der Waals surface area (Å²) in [6, 6.07) is 17.0. The van der Waals surface area contributed by atoms with Crippen molar-refractivity contribution in [3.8, 4) is 0 Å². The van der Waals surface area contributed by atoms with E-state index in [0.717, 1.165) is 17.5 Å². The first-order valence-electron chi connectivity index (χ1n) is 8.75. The second kappa shape index (κ2) is 10.1. The average Bonchev–Trinajstić information content (AvgIpc) is 2.67. The average molecular weight is 390 g/mol. The Kier molecular flexibility index (Phi) is 7.82. The van der Waals surface area contributed by atoms with E-state index >= 15 is 0 Å². The third-order valence-electron chi connectivity index (χ3n) is 4.19. The van der Waals surface area contributed by atoms with Gasteiger partial charge >= 0.3 is 0 Å². The highest BCUT2D eigenvalue weighted by Gasteiger charge is 2.10. The molecule has 1 unspecified atom stereocenters. The first-order chi connectivity index (χ1) is 12.9. The van der Waals surface area contributed by atoms with Crippen LogP contribution in [0.3, 0.4) is 0 Å². The molecule has 0 saturated carbocycles. The van der Waals surface area contributed by atoms with Crippen molar-refractivity contribution in [2.45, 2.75) is 17.4 Å². The molecule has 2 rings (SSSR count). The molecule has 0 heterocycles. The molecule has 2 aromatic carbocycles. The predicted molar refractivity (Wildman–Crippen MR) is 109 cm³/mol. The number of guanidine groups is 1. The summed E-state index contributed by atoms with van der Waals surface area (Å²) in [7, 11) is 0.258. The zero-order chi connectivity index (χ0) is 19.7.